The second-order valence-electron chi connectivity index (χ2n) is 6.86. The van der Waals surface area contributed by atoms with Crippen LogP contribution in [0.15, 0.2) is 29.2 Å². The number of unbranched alkanes of at least 4 members (excludes halogenated alkanes) is 2. The highest BCUT2D eigenvalue weighted by Gasteiger charge is 2.26. The standard InChI is InChI=1S/C19H30N2O3S/c1-3-4-6-10-16(2)20-19(22)17-11-9-12-18(15-17)25(23,24)21-13-7-5-8-14-21/h9,11-12,15-16H,3-8,10,13-14H2,1-2H3,(H,20,22). The van der Waals surface area contributed by atoms with Crippen LogP contribution in [0.3, 0.4) is 0 Å². The number of nitrogens with zero attached hydrogens (tertiary/aromatic N) is 1. The average molecular weight is 367 g/mol. The van der Waals surface area contributed by atoms with Crippen LogP contribution in [0.4, 0.5) is 0 Å². The summed E-state index contributed by atoms with van der Waals surface area (Å²) in [6, 6.07) is 6.47. The van der Waals surface area contributed by atoms with Gasteiger partial charge in [0.25, 0.3) is 5.91 Å². The highest BCUT2D eigenvalue weighted by molar-refractivity contribution is 7.89. The van der Waals surface area contributed by atoms with Gasteiger partial charge < -0.3 is 5.32 Å². The normalized spacial score (nSPS) is 17.2. The fourth-order valence-electron chi connectivity index (χ4n) is 3.13. The lowest BCUT2D eigenvalue weighted by atomic mass is 10.1. The van der Waals surface area contributed by atoms with Crippen molar-refractivity contribution in [3.63, 3.8) is 0 Å². The molecule has 1 aliphatic heterocycles. The van der Waals surface area contributed by atoms with E-state index in [4.69, 9.17) is 0 Å². The summed E-state index contributed by atoms with van der Waals surface area (Å²) >= 11 is 0. The predicted molar refractivity (Wildman–Crippen MR) is 100 cm³/mol. The van der Waals surface area contributed by atoms with Gasteiger partial charge in [-0.3, -0.25) is 4.79 Å². The first-order chi connectivity index (χ1) is 11.9. The first-order valence-corrected chi connectivity index (χ1v) is 10.8. The van der Waals surface area contributed by atoms with Crippen molar-refractivity contribution in [1.29, 1.82) is 0 Å². The maximum Gasteiger partial charge on any atom is 0.251 e. The molecular formula is C19H30N2O3S. The number of hydrogen-bond acceptors (Lipinski definition) is 3. The van der Waals surface area contributed by atoms with E-state index >= 15 is 0 Å². The van der Waals surface area contributed by atoms with Crippen molar-refractivity contribution in [2.45, 2.75) is 69.7 Å². The third-order valence-corrected chi connectivity index (χ3v) is 6.56. The summed E-state index contributed by atoms with van der Waals surface area (Å²) in [5.41, 5.74) is 0.403. The van der Waals surface area contributed by atoms with E-state index in [0.717, 1.165) is 44.9 Å². The lowest BCUT2D eigenvalue weighted by Crippen LogP contribution is -2.36. The summed E-state index contributed by atoms with van der Waals surface area (Å²) in [5.74, 6) is -0.209. The second kappa shape index (κ2) is 9.34. The SMILES string of the molecule is CCCCCC(C)NC(=O)c1cccc(S(=O)(=O)N2CCCCC2)c1. The maximum atomic E-state index is 12.8. The van der Waals surface area contributed by atoms with Gasteiger partial charge in [0.2, 0.25) is 10.0 Å². The number of amides is 1. The Morgan fingerprint density at radius 2 is 1.92 bits per heavy atom. The smallest absolute Gasteiger partial charge is 0.251 e. The molecule has 140 valence electrons. The molecule has 1 aromatic carbocycles. The Balaban J connectivity index is 2.06. The van der Waals surface area contributed by atoms with Gasteiger partial charge in [-0.25, -0.2) is 8.42 Å². The largest absolute Gasteiger partial charge is 0.350 e. The van der Waals surface area contributed by atoms with E-state index < -0.39 is 10.0 Å². The van der Waals surface area contributed by atoms with Crippen molar-refractivity contribution in [3.8, 4) is 0 Å². The summed E-state index contributed by atoms with van der Waals surface area (Å²) in [7, 11) is -3.51. The highest BCUT2D eigenvalue weighted by Crippen LogP contribution is 2.21. The Morgan fingerprint density at radius 1 is 1.20 bits per heavy atom. The Labute approximate surface area is 151 Å². The molecule has 0 saturated carbocycles. The number of sulfonamides is 1. The molecule has 1 aromatic rings. The Bertz CT molecular complexity index is 667. The Morgan fingerprint density at radius 3 is 2.60 bits per heavy atom. The number of carbonyl (C=O) groups excluding carboxylic acids is 1. The van der Waals surface area contributed by atoms with Gasteiger partial charge in [0, 0.05) is 24.7 Å². The molecular weight excluding hydrogens is 336 g/mol. The fraction of sp³-hybridized carbons (Fsp3) is 0.632. The second-order valence-corrected chi connectivity index (χ2v) is 8.80. The Hall–Kier alpha value is -1.40. The minimum Gasteiger partial charge on any atom is -0.350 e. The monoisotopic (exact) mass is 366 g/mol. The molecule has 1 fully saturated rings. The van der Waals surface area contributed by atoms with Gasteiger partial charge in [0.1, 0.15) is 0 Å². The molecule has 1 N–H and O–H groups in total. The first kappa shape index (κ1) is 19.9. The molecule has 1 heterocycles. The molecule has 0 bridgehead atoms. The average Bonchev–Trinajstić information content (AvgIpc) is 2.62. The quantitative estimate of drug-likeness (QED) is 0.715. The van der Waals surface area contributed by atoms with Crippen LogP contribution in [0.1, 0.15) is 69.2 Å². The van der Waals surface area contributed by atoms with Gasteiger partial charge in [0.05, 0.1) is 4.90 Å². The zero-order valence-electron chi connectivity index (χ0n) is 15.3. The molecule has 6 heteroatoms. The minimum atomic E-state index is -3.51. The van der Waals surface area contributed by atoms with E-state index in [1.807, 2.05) is 6.92 Å². The van der Waals surface area contributed by atoms with Crippen molar-refractivity contribution in [3.05, 3.63) is 29.8 Å². The van der Waals surface area contributed by atoms with Crippen LogP contribution >= 0.6 is 0 Å². The van der Waals surface area contributed by atoms with E-state index in [0.29, 0.717) is 18.7 Å². The van der Waals surface area contributed by atoms with Crippen LogP contribution in [0.5, 0.6) is 0 Å². The first-order valence-electron chi connectivity index (χ1n) is 9.36. The number of rotatable bonds is 8. The summed E-state index contributed by atoms with van der Waals surface area (Å²) in [5, 5.41) is 2.97. The number of piperidine rings is 1. The van der Waals surface area contributed by atoms with E-state index in [1.54, 1.807) is 18.2 Å². The van der Waals surface area contributed by atoms with Crippen molar-refractivity contribution in [1.82, 2.24) is 9.62 Å². The van der Waals surface area contributed by atoms with Crippen LogP contribution in [-0.4, -0.2) is 37.8 Å². The van der Waals surface area contributed by atoms with E-state index in [1.165, 1.54) is 10.4 Å². The number of nitrogens with one attached hydrogen (secondary N) is 1. The van der Waals surface area contributed by atoms with E-state index in [2.05, 4.69) is 12.2 Å². The molecule has 2 rings (SSSR count). The summed E-state index contributed by atoms with van der Waals surface area (Å²) in [4.78, 5) is 12.6. The molecule has 25 heavy (non-hydrogen) atoms. The van der Waals surface area contributed by atoms with Crippen molar-refractivity contribution in [2.24, 2.45) is 0 Å². The molecule has 1 amide bonds. The third-order valence-electron chi connectivity index (χ3n) is 4.67. The number of benzene rings is 1. The number of hydrogen-bond donors (Lipinski definition) is 1. The van der Waals surface area contributed by atoms with Crippen molar-refractivity contribution in [2.75, 3.05) is 13.1 Å². The van der Waals surface area contributed by atoms with Gasteiger partial charge in [0.15, 0.2) is 0 Å². The molecule has 0 aromatic heterocycles. The molecule has 0 radical (unpaired) electrons. The zero-order chi connectivity index (χ0) is 18.3. The molecule has 5 nitrogen and oxygen atoms in total. The van der Waals surface area contributed by atoms with Crippen LogP contribution in [0, 0.1) is 0 Å². The third kappa shape index (κ3) is 5.54. The van der Waals surface area contributed by atoms with Crippen LogP contribution < -0.4 is 5.32 Å². The Kier molecular flexibility index (Phi) is 7.44. The van der Waals surface area contributed by atoms with E-state index in [-0.39, 0.29) is 16.8 Å². The molecule has 1 unspecified atom stereocenters. The highest BCUT2D eigenvalue weighted by atomic mass is 32.2. The van der Waals surface area contributed by atoms with E-state index in [9.17, 15) is 13.2 Å². The minimum absolute atomic E-state index is 0.0846. The summed E-state index contributed by atoms with van der Waals surface area (Å²) in [6.45, 7) is 5.26. The molecule has 1 aliphatic rings. The van der Waals surface area contributed by atoms with Gasteiger partial charge in [-0.15, -0.1) is 0 Å². The molecule has 0 spiro atoms. The maximum absolute atomic E-state index is 12.8. The van der Waals surface area contributed by atoms with Gasteiger partial charge >= 0.3 is 0 Å². The summed E-state index contributed by atoms with van der Waals surface area (Å²) < 4.78 is 27.0. The van der Waals surface area contributed by atoms with Crippen LogP contribution in [-0.2, 0) is 10.0 Å². The number of carbonyl (C=O) groups is 1. The van der Waals surface area contributed by atoms with Crippen LogP contribution in [0.25, 0.3) is 0 Å². The van der Waals surface area contributed by atoms with Gasteiger partial charge in [-0.1, -0.05) is 38.7 Å². The molecule has 0 aliphatic carbocycles. The lowest BCUT2D eigenvalue weighted by molar-refractivity contribution is 0.0937. The van der Waals surface area contributed by atoms with Gasteiger partial charge in [-0.05, 0) is 44.4 Å². The molecule has 1 saturated heterocycles. The topological polar surface area (TPSA) is 66.5 Å². The molecule has 1 atom stereocenters. The lowest BCUT2D eigenvalue weighted by Gasteiger charge is -2.26. The summed E-state index contributed by atoms with van der Waals surface area (Å²) in [6.07, 6.45) is 7.20. The zero-order valence-corrected chi connectivity index (χ0v) is 16.1. The van der Waals surface area contributed by atoms with Crippen molar-refractivity contribution < 1.29 is 13.2 Å². The van der Waals surface area contributed by atoms with Crippen molar-refractivity contribution >= 4 is 15.9 Å². The predicted octanol–water partition coefficient (Wildman–Crippen LogP) is 3.56. The fourth-order valence-corrected chi connectivity index (χ4v) is 4.70. The van der Waals surface area contributed by atoms with Gasteiger partial charge in [-0.2, -0.15) is 4.31 Å². The van der Waals surface area contributed by atoms with Crippen LogP contribution in [0.2, 0.25) is 0 Å².